The minimum Gasteiger partial charge on any atom is -0.462 e. The zero-order chi connectivity index (χ0) is 70.7. The van der Waals surface area contributed by atoms with E-state index >= 15 is 0 Å². The Morgan fingerprint density at radius 3 is 0.708 bits per heavy atom. The third-order valence-electron chi connectivity index (χ3n) is 18.0. The van der Waals surface area contributed by atoms with Gasteiger partial charge in [0.15, 0.2) is 12.2 Å². The van der Waals surface area contributed by atoms with Crippen molar-refractivity contribution >= 4 is 39.5 Å². The van der Waals surface area contributed by atoms with Crippen molar-refractivity contribution in [1.29, 1.82) is 0 Å². The topological polar surface area (TPSA) is 237 Å². The van der Waals surface area contributed by atoms with E-state index in [4.69, 9.17) is 37.0 Å². The highest BCUT2D eigenvalue weighted by Crippen LogP contribution is 2.45. The van der Waals surface area contributed by atoms with Crippen LogP contribution in [-0.4, -0.2) is 96.7 Å². The Kier molecular flexibility index (Phi) is 67.4. The van der Waals surface area contributed by atoms with Gasteiger partial charge < -0.3 is 33.8 Å². The van der Waals surface area contributed by atoms with E-state index in [1.165, 1.54) is 212 Å². The third kappa shape index (κ3) is 70.5. The van der Waals surface area contributed by atoms with Gasteiger partial charge in [0.05, 0.1) is 26.4 Å². The van der Waals surface area contributed by atoms with Gasteiger partial charge in [-0.15, -0.1) is 0 Å². The first-order valence-electron chi connectivity index (χ1n) is 40.0. The first-order valence-corrected chi connectivity index (χ1v) is 43.0. The first kappa shape index (κ1) is 94.1. The molecule has 0 amide bonds. The molecule has 0 aromatic carbocycles. The van der Waals surface area contributed by atoms with Crippen molar-refractivity contribution in [3.63, 3.8) is 0 Å². The highest BCUT2D eigenvalue weighted by atomic mass is 31.2. The number of ether oxygens (including phenoxy) is 4. The van der Waals surface area contributed by atoms with Crippen LogP contribution in [-0.2, 0) is 65.4 Å². The summed E-state index contributed by atoms with van der Waals surface area (Å²) in [5, 5.41) is 10.6. The molecule has 570 valence electrons. The number of rotatable bonds is 76. The Balaban J connectivity index is 5.19. The SMILES string of the molecule is CCCCCCCCCCCCCCCCCCCCCCC(=O)O[C@H](COC(=O)CCCCCCCCCCCCCCCCC(C)C)COP(=O)(O)OC[C@@H](O)COP(=O)(O)OC[C@@H](COC(=O)CCCCCCCCCC)OC(=O)CCCCCCCCCCC(C)C. The summed E-state index contributed by atoms with van der Waals surface area (Å²) in [4.78, 5) is 72.7. The van der Waals surface area contributed by atoms with Crippen LogP contribution in [0.3, 0.4) is 0 Å². The molecule has 2 unspecified atom stereocenters. The number of hydrogen-bond acceptors (Lipinski definition) is 15. The lowest BCUT2D eigenvalue weighted by Crippen LogP contribution is -2.30. The van der Waals surface area contributed by atoms with Gasteiger partial charge in [0.1, 0.15) is 19.3 Å². The number of phosphoric ester groups is 2. The summed E-state index contributed by atoms with van der Waals surface area (Å²) in [6.45, 7) is 9.55. The van der Waals surface area contributed by atoms with Crippen molar-refractivity contribution in [3.05, 3.63) is 0 Å². The molecule has 0 spiro atoms. The molecule has 96 heavy (non-hydrogen) atoms. The van der Waals surface area contributed by atoms with Gasteiger partial charge in [-0.05, 0) is 37.5 Å². The second kappa shape index (κ2) is 68.8. The largest absolute Gasteiger partial charge is 0.472 e. The van der Waals surface area contributed by atoms with Crippen LogP contribution in [0.1, 0.15) is 401 Å². The van der Waals surface area contributed by atoms with E-state index in [-0.39, 0.29) is 25.7 Å². The first-order chi connectivity index (χ1) is 46.4. The molecule has 0 saturated heterocycles. The van der Waals surface area contributed by atoms with Gasteiger partial charge >= 0.3 is 39.5 Å². The third-order valence-corrected chi connectivity index (χ3v) is 19.9. The summed E-state index contributed by atoms with van der Waals surface area (Å²) in [6.07, 6.45) is 57.1. The van der Waals surface area contributed by atoms with Gasteiger partial charge in [0, 0.05) is 25.7 Å². The lowest BCUT2D eigenvalue weighted by Gasteiger charge is -2.21. The molecule has 0 aliphatic rings. The van der Waals surface area contributed by atoms with Crippen molar-refractivity contribution < 1.29 is 80.2 Å². The molecule has 0 heterocycles. The molecule has 0 aliphatic heterocycles. The van der Waals surface area contributed by atoms with Crippen LogP contribution in [0.2, 0.25) is 0 Å². The number of carbonyl (C=O) groups is 4. The number of carbonyl (C=O) groups excluding carboxylic acids is 4. The predicted octanol–water partition coefficient (Wildman–Crippen LogP) is 22.7. The van der Waals surface area contributed by atoms with Crippen LogP contribution < -0.4 is 0 Å². The van der Waals surface area contributed by atoms with Crippen molar-refractivity contribution in [3.8, 4) is 0 Å². The Morgan fingerprint density at radius 2 is 0.479 bits per heavy atom. The molecule has 0 aromatic rings. The number of unbranched alkanes of at least 4 members (excludes halogenated alkanes) is 46. The smallest absolute Gasteiger partial charge is 0.462 e. The summed E-state index contributed by atoms with van der Waals surface area (Å²) in [5.74, 6) is -0.601. The average Bonchev–Trinajstić information content (AvgIpc) is 1.76. The minimum atomic E-state index is -4.96. The van der Waals surface area contributed by atoms with Gasteiger partial charge in [-0.3, -0.25) is 37.3 Å². The van der Waals surface area contributed by atoms with Gasteiger partial charge in [-0.2, -0.15) is 0 Å². The Hall–Kier alpha value is -1.94. The van der Waals surface area contributed by atoms with E-state index < -0.39 is 97.5 Å². The quantitative estimate of drug-likeness (QED) is 0.0222. The molecule has 3 N–H and O–H groups in total. The summed E-state index contributed by atoms with van der Waals surface area (Å²) >= 11 is 0. The monoisotopic (exact) mass is 1410 g/mol. The fraction of sp³-hybridized carbons (Fsp3) is 0.948. The van der Waals surface area contributed by atoms with Gasteiger partial charge in [0.25, 0.3) is 0 Å². The Labute approximate surface area is 588 Å². The van der Waals surface area contributed by atoms with Crippen LogP contribution >= 0.6 is 15.6 Å². The molecule has 0 fully saturated rings. The molecule has 0 rings (SSSR count). The number of aliphatic hydroxyl groups excluding tert-OH is 1. The molecular formula is C77H150O17P2. The number of aliphatic hydroxyl groups is 1. The summed E-state index contributed by atoms with van der Waals surface area (Å²) in [5.41, 5.74) is 0. The standard InChI is InChI=1S/C77H150O17P2/c1-7-9-11-13-15-17-18-19-20-21-22-23-24-25-30-33-36-43-49-55-61-76(81)93-73(66-88-75(80)60-54-48-42-35-32-29-27-26-28-31-34-39-45-51-57-69(3)4)68-92-96(85,86)90-64-71(78)63-89-95(83,84)91-67-72(65-87-74(79)59-53-47-41-16-14-12-10-8-2)94-77(82)62-56-50-44-38-37-40-46-52-58-70(5)6/h69-73,78H,7-68H2,1-6H3,(H,83,84)(H,85,86)/t71-,72+,73+/m0/s1. The maximum Gasteiger partial charge on any atom is 0.472 e. The zero-order valence-corrected chi connectivity index (χ0v) is 64.5. The molecule has 17 nitrogen and oxygen atoms in total. The molecule has 0 aliphatic carbocycles. The van der Waals surface area contributed by atoms with E-state index in [9.17, 15) is 43.2 Å². The summed E-state index contributed by atoms with van der Waals surface area (Å²) in [7, 11) is -9.91. The zero-order valence-electron chi connectivity index (χ0n) is 62.7. The number of hydrogen-bond donors (Lipinski definition) is 3. The molecule has 0 saturated carbocycles. The second-order valence-electron chi connectivity index (χ2n) is 28.7. The molecule has 0 aromatic heterocycles. The van der Waals surface area contributed by atoms with Crippen LogP contribution in [0.4, 0.5) is 0 Å². The van der Waals surface area contributed by atoms with Crippen molar-refractivity contribution in [2.24, 2.45) is 11.8 Å². The second-order valence-corrected chi connectivity index (χ2v) is 31.6. The Bertz CT molecular complexity index is 1860. The fourth-order valence-electron chi connectivity index (χ4n) is 11.8. The maximum atomic E-state index is 13.1. The lowest BCUT2D eigenvalue weighted by molar-refractivity contribution is -0.161. The number of phosphoric acid groups is 2. The Morgan fingerprint density at radius 1 is 0.281 bits per heavy atom. The molecular weight excluding hydrogens is 1260 g/mol. The molecule has 5 atom stereocenters. The van der Waals surface area contributed by atoms with E-state index in [1.54, 1.807) is 0 Å². The fourth-order valence-corrected chi connectivity index (χ4v) is 13.4. The van der Waals surface area contributed by atoms with Crippen molar-refractivity contribution in [2.75, 3.05) is 39.6 Å². The predicted molar refractivity (Wildman–Crippen MR) is 391 cm³/mol. The summed E-state index contributed by atoms with van der Waals surface area (Å²) in [6, 6.07) is 0. The van der Waals surface area contributed by atoms with Crippen molar-refractivity contribution in [1.82, 2.24) is 0 Å². The van der Waals surface area contributed by atoms with E-state index in [0.717, 1.165) is 108 Å². The van der Waals surface area contributed by atoms with E-state index in [2.05, 4.69) is 41.5 Å². The van der Waals surface area contributed by atoms with E-state index in [0.29, 0.717) is 25.7 Å². The number of esters is 4. The average molecular weight is 1410 g/mol. The van der Waals surface area contributed by atoms with Crippen LogP contribution in [0, 0.1) is 11.8 Å². The highest BCUT2D eigenvalue weighted by Gasteiger charge is 2.30. The molecule has 0 radical (unpaired) electrons. The highest BCUT2D eigenvalue weighted by molar-refractivity contribution is 7.47. The van der Waals surface area contributed by atoms with Gasteiger partial charge in [-0.25, -0.2) is 9.13 Å². The van der Waals surface area contributed by atoms with Crippen LogP contribution in [0.25, 0.3) is 0 Å². The lowest BCUT2D eigenvalue weighted by atomic mass is 10.0. The maximum absolute atomic E-state index is 13.1. The van der Waals surface area contributed by atoms with E-state index in [1.807, 2.05) is 0 Å². The van der Waals surface area contributed by atoms with Crippen molar-refractivity contribution in [2.45, 2.75) is 419 Å². The van der Waals surface area contributed by atoms with Gasteiger partial charge in [-0.1, -0.05) is 350 Å². The minimum absolute atomic E-state index is 0.104. The molecule has 19 heteroatoms. The van der Waals surface area contributed by atoms with Gasteiger partial charge in [0.2, 0.25) is 0 Å². The normalized spacial score (nSPS) is 14.0. The molecule has 0 bridgehead atoms. The van der Waals surface area contributed by atoms with Crippen LogP contribution in [0.15, 0.2) is 0 Å². The van der Waals surface area contributed by atoms with Crippen LogP contribution in [0.5, 0.6) is 0 Å². The summed E-state index contributed by atoms with van der Waals surface area (Å²) < 4.78 is 68.5.